The molecule has 1 unspecified atom stereocenters. The third-order valence-electron chi connectivity index (χ3n) is 5.87. The van der Waals surface area contributed by atoms with Crippen molar-refractivity contribution in [2.45, 2.75) is 46.6 Å². The first-order valence-corrected chi connectivity index (χ1v) is 12.2. The number of ether oxygens (including phenoxy) is 3. The number of amides is 2. The number of carbonyl (C=O) groups excluding carboxylic acids is 2. The third-order valence-corrected chi connectivity index (χ3v) is 5.87. The molecule has 1 aromatic rings. The molecule has 2 heterocycles. The molecule has 0 saturated carbocycles. The molecule has 8 heteroatoms. The maximum atomic E-state index is 12.9. The molecular weight excluding hydrogens is 422 g/mol. The van der Waals surface area contributed by atoms with Crippen molar-refractivity contribution in [3.8, 4) is 11.5 Å². The van der Waals surface area contributed by atoms with Crippen molar-refractivity contribution in [3.63, 3.8) is 0 Å². The summed E-state index contributed by atoms with van der Waals surface area (Å²) in [4.78, 5) is 29.1. The Kier molecular flexibility index (Phi) is 9.23. The van der Waals surface area contributed by atoms with Gasteiger partial charge in [-0.15, -0.1) is 0 Å². The second-order valence-corrected chi connectivity index (χ2v) is 9.63. The Morgan fingerprint density at radius 3 is 2.48 bits per heavy atom. The first-order chi connectivity index (χ1) is 15.8. The van der Waals surface area contributed by atoms with Crippen molar-refractivity contribution in [3.05, 3.63) is 23.8 Å². The van der Waals surface area contributed by atoms with Crippen molar-refractivity contribution in [2.24, 2.45) is 11.8 Å². The largest absolute Gasteiger partial charge is 0.490 e. The molecule has 33 heavy (non-hydrogen) atoms. The average molecular weight is 462 g/mol. The van der Waals surface area contributed by atoms with Crippen LogP contribution in [0, 0.1) is 11.8 Å². The third kappa shape index (κ3) is 7.52. The molecular formula is C25H39N3O5. The molecule has 0 aliphatic carbocycles. The quantitative estimate of drug-likeness (QED) is 0.670. The summed E-state index contributed by atoms with van der Waals surface area (Å²) in [7, 11) is 0. The van der Waals surface area contributed by atoms with Crippen LogP contribution in [0.25, 0.3) is 0 Å². The molecule has 0 radical (unpaired) electrons. The molecule has 1 atom stereocenters. The first kappa shape index (κ1) is 25.1. The van der Waals surface area contributed by atoms with Gasteiger partial charge in [0.1, 0.15) is 0 Å². The fraction of sp³-hybridized carbons (Fsp3) is 0.680. The van der Waals surface area contributed by atoms with Crippen LogP contribution < -0.4 is 14.8 Å². The van der Waals surface area contributed by atoms with Crippen LogP contribution in [-0.4, -0.2) is 74.3 Å². The molecule has 2 amide bonds. The summed E-state index contributed by atoms with van der Waals surface area (Å²) in [6, 6.07) is 5.80. The molecule has 184 valence electrons. The Hall–Kier alpha value is -2.48. The summed E-state index contributed by atoms with van der Waals surface area (Å²) in [6.07, 6.45) is 1.42. The number of hydrogen-bond donors (Lipinski definition) is 1. The lowest BCUT2D eigenvalue weighted by atomic mass is 9.95. The van der Waals surface area contributed by atoms with Gasteiger partial charge in [0.15, 0.2) is 11.5 Å². The predicted octanol–water partition coefficient (Wildman–Crippen LogP) is 3.46. The highest BCUT2D eigenvalue weighted by atomic mass is 16.6. The van der Waals surface area contributed by atoms with Crippen LogP contribution in [0.5, 0.6) is 11.5 Å². The lowest BCUT2D eigenvalue weighted by Gasteiger charge is -2.26. The summed E-state index contributed by atoms with van der Waals surface area (Å²) in [5, 5.41) is 3.21. The molecule has 0 aromatic heterocycles. The van der Waals surface area contributed by atoms with E-state index < -0.39 is 0 Å². The highest BCUT2D eigenvalue weighted by Crippen LogP contribution is 2.34. The van der Waals surface area contributed by atoms with E-state index in [0.29, 0.717) is 51.9 Å². The van der Waals surface area contributed by atoms with Gasteiger partial charge in [-0.3, -0.25) is 9.69 Å². The minimum atomic E-state index is -0.260. The number of benzene rings is 1. The number of nitrogens with zero attached hydrogens (tertiary/aromatic N) is 2. The molecule has 1 fully saturated rings. The maximum absolute atomic E-state index is 12.9. The van der Waals surface area contributed by atoms with Gasteiger partial charge in [0, 0.05) is 32.6 Å². The molecule has 1 saturated heterocycles. The van der Waals surface area contributed by atoms with E-state index >= 15 is 0 Å². The van der Waals surface area contributed by atoms with Gasteiger partial charge in [0.05, 0.1) is 32.4 Å². The SMILES string of the molecule is CC(C)COC(=O)N1CCCN(CC(=O)NC(c2ccc3c(c2)OCCCO3)C(C)C)CC1. The molecule has 1 N–H and O–H groups in total. The zero-order valence-corrected chi connectivity index (χ0v) is 20.5. The van der Waals surface area contributed by atoms with Gasteiger partial charge < -0.3 is 24.4 Å². The molecule has 3 rings (SSSR count). The van der Waals surface area contributed by atoms with E-state index in [9.17, 15) is 9.59 Å². The van der Waals surface area contributed by atoms with Gasteiger partial charge in [-0.05, 0) is 36.0 Å². The standard InChI is InChI=1S/C25H39N3O5/c1-18(2)17-33-25(30)28-10-5-9-27(11-12-28)16-23(29)26-24(19(3)4)20-7-8-21-22(15-20)32-14-6-13-31-21/h7-8,15,18-19,24H,5-6,9-14,16-17H2,1-4H3,(H,26,29). The second kappa shape index (κ2) is 12.1. The number of fused-ring (bicyclic) bond motifs is 1. The lowest BCUT2D eigenvalue weighted by molar-refractivity contribution is -0.123. The van der Waals surface area contributed by atoms with Crippen LogP contribution in [0.4, 0.5) is 4.79 Å². The zero-order valence-electron chi connectivity index (χ0n) is 20.5. The summed E-state index contributed by atoms with van der Waals surface area (Å²) in [5.41, 5.74) is 1.01. The van der Waals surface area contributed by atoms with Crippen LogP contribution in [-0.2, 0) is 9.53 Å². The molecule has 0 bridgehead atoms. The van der Waals surface area contributed by atoms with Crippen molar-refractivity contribution in [1.82, 2.24) is 15.1 Å². The van der Waals surface area contributed by atoms with E-state index in [2.05, 4.69) is 24.1 Å². The Bertz CT molecular complexity index is 798. The van der Waals surface area contributed by atoms with Crippen molar-refractivity contribution < 1.29 is 23.8 Å². The molecule has 2 aliphatic heterocycles. The van der Waals surface area contributed by atoms with E-state index in [0.717, 1.165) is 36.4 Å². The molecule has 8 nitrogen and oxygen atoms in total. The second-order valence-electron chi connectivity index (χ2n) is 9.63. The smallest absolute Gasteiger partial charge is 0.409 e. The number of hydrogen-bond acceptors (Lipinski definition) is 6. The minimum absolute atomic E-state index is 0.0170. The highest BCUT2D eigenvalue weighted by molar-refractivity contribution is 5.78. The molecule has 1 aromatic carbocycles. The van der Waals surface area contributed by atoms with E-state index in [1.165, 1.54) is 0 Å². The maximum Gasteiger partial charge on any atom is 0.409 e. The summed E-state index contributed by atoms with van der Waals surface area (Å²) >= 11 is 0. The Balaban J connectivity index is 1.55. The summed E-state index contributed by atoms with van der Waals surface area (Å²) in [5.74, 6) is 2.01. The fourth-order valence-electron chi connectivity index (χ4n) is 4.07. The monoisotopic (exact) mass is 461 g/mol. The molecule has 2 aliphatic rings. The summed E-state index contributed by atoms with van der Waals surface area (Å²) in [6.45, 7) is 12.9. The van der Waals surface area contributed by atoms with Crippen LogP contribution >= 0.6 is 0 Å². The highest BCUT2D eigenvalue weighted by Gasteiger charge is 2.24. The van der Waals surface area contributed by atoms with Gasteiger partial charge >= 0.3 is 6.09 Å². The van der Waals surface area contributed by atoms with Gasteiger partial charge in [0.25, 0.3) is 0 Å². The Morgan fingerprint density at radius 2 is 1.76 bits per heavy atom. The zero-order chi connectivity index (χ0) is 23.8. The van der Waals surface area contributed by atoms with Crippen LogP contribution in [0.1, 0.15) is 52.1 Å². The Morgan fingerprint density at radius 1 is 1.00 bits per heavy atom. The molecule has 0 spiro atoms. The van der Waals surface area contributed by atoms with Crippen molar-refractivity contribution >= 4 is 12.0 Å². The van der Waals surface area contributed by atoms with E-state index in [1.807, 2.05) is 32.0 Å². The topological polar surface area (TPSA) is 80.3 Å². The predicted molar refractivity (Wildman–Crippen MR) is 127 cm³/mol. The van der Waals surface area contributed by atoms with E-state index in [1.54, 1.807) is 4.90 Å². The van der Waals surface area contributed by atoms with Gasteiger partial charge in [0.2, 0.25) is 5.91 Å². The fourth-order valence-corrected chi connectivity index (χ4v) is 4.07. The van der Waals surface area contributed by atoms with Crippen LogP contribution in [0.2, 0.25) is 0 Å². The van der Waals surface area contributed by atoms with Gasteiger partial charge in [-0.1, -0.05) is 33.8 Å². The average Bonchev–Trinajstić information content (AvgIpc) is 3.15. The van der Waals surface area contributed by atoms with Crippen molar-refractivity contribution in [1.29, 1.82) is 0 Å². The summed E-state index contributed by atoms with van der Waals surface area (Å²) < 4.78 is 16.9. The van der Waals surface area contributed by atoms with E-state index in [-0.39, 0.29) is 24.0 Å². The van der Waals surface area contributed by atoms with Gasteiger partial charge in [-0.2, -0.15) is 0 Å². The number of rotatable bonds is 7. The van der Waals surface area contributed by atoms with Gasteiger partial charge in [-0.25, -0.2) is 4.79 Å². The number of nitrogens with one attached hydrogen (secondary N) is 1. The van der Waals surface area contributed by atoms with Crippen LogP contribution in [0.15, 0.2) is 18.2 Å². The minimum Gasteiger partial charge on any atom is -0.490 e. The normalized spacial score (nSPS) is 17.9. The van der Waals surface area contributed by atoms with Crippen LogP contribution in [0.3, 0.4) is 0 Å². The van der Waals surface area contributed by atoms with Crippen molar-refractivity contribution in [2.75, 3.05) is 52.5 Å². The number of carbonyl (C=O) groups is 2. The Labute approximate surface area is 197 Å². The van der Waals surface area contributed by atoms with E-state index in [4.69, 9.17) is 14.2 Å². The first-order valence-electron chi connectivity index (χ1n) is 12.2. The lowest BCUT2D eigenvalue weighted by Crippen LogP contribution is -2.42.